The number of aryl methyl sites for hydroxylation is 1. The number of hydrogen-bond donors (Lipinski definition) is 1. The zero-order valence-corrected chi connectivity index (χ0v) is 19.6. The molecule has 3 aromatic rings. The van der Waals surface area contributed by atoms with E-state index in [0.29, 0.717) is 17.0 Å². The van der Waals surface area contributed by atoms with Gasteiger partial charge in [0.15, 0.2) is 0 Å². The molecule has 1 heterocycles. The van der Waals surface area contributed by atoms with Gasteiger partial charge in [-0.2, -0.15) is 0 Å². The number of anilines is 1. The van der Waals surface area contributed by atoms with E-state index in [1.807, 2.05) is 43.3 Å². The maximum atomic E-state index is 13.8. The Balaban J connectivity index is 1.80. The second-order valence-electron chi connectivity index (χ2n) is 8.62. The molecule has 1 aliphatic carbocycles. The van der Waals surface area contributed by atoms with Crippen LogP contribution in [0.15, 0.2) is 67.1 Å². The largest absolute Gasteiger partial charge is 0.497 e. The Hall–Kier alpha value is -3.74. The Morgan fingerprint density at radius 2 is 1.82 bits per heavy atom. The first-order valence-electron chi connectivity index (χ1n) is 11.7. The van der Waals surface area contributed by atoms with E-state index in [1.165, 1.54) is 29.9 Å². The molecule has 4 rings (SSSR count). The number of nitrogens with one attached hydrogen (secondary N) is 1. The van der Waals surface area contributed by atoms with E-state index in [2.05, 4.69) is 15.3 Å². The molecule has 1 atom stereocenters. The van der Waals surface area contributed by atoms with Gasteiger partial charge in [-0.05, 0) is 55.2 Å². The number of ether oxygens (including phenoxy) is 1. The molecule has 1 fully saturated rings. The second kappa shape index (κ2) is 10.9. The van der Waals surface area contributed by atoms with Crippen LogP contribution >= 0.6 is 0 Å². The van der Waals surface area contributed by atoms with Gasteiger partial charge in [-0.15, -0.1) is 0 Å². The molecule has 176 valence electrons. The van der Waals surface area contributed by atoms with Gasteiger partial charge in [0.25, 0.3) is 5.91 Å². The molecule has 0 unspecified atom stereocenters. The van der Waals surface area contributed by atoms with E-state index in [9.17, 15) is 9.59 Å². The first-order valence-corrected chi connectivity index (χ1v) is 11.7. The highest BCUT2D eigenvalue weighted by atomic mass is 16.5. The van der Waals surface area contributed by atoms with E-state index in [4.69, 9.17) is 4.74 Å². The van der Waals surface area contributed by atoms with Crippen molar-refractivity contribution >= 4 is 17.5 Å². The number of amides is 2. The SMILES string of the molecule is COc1ccc([C@H](C(=O)NC2CCCCC2)N(C(=O)c2cnccn2)c2cccc(C)c2)cc1. The maximum absolute atomic E-state index is 13.8. The number of methoxy groups -OCH3 is 1. The predicted molar refractivity (Wildman–Crippen MR) is 131 cm³/mol. The molecular formula is C27H30N4O3. The van der Waals surface area contributed by atoms with Gasteiger partial charge in [0.05, 0.1) is 13.3 Å². The Labute approximate surface area is 200 Å². The fourth-order valence-electron chi connectivity index (χ4n) is 4.43. The van der Waals surface area contributed by atoms with Crippen LogP contribution in [0.5, 0.6) is 5.75 Å². The zero-order chi connectivity index (χ0) is 23.9. The van der Waals surface area contributed by atoms with Gasteiger partial charge in [0.2, 0.25) is 5.91 Å². The summed E-state index contributed by atoms with van der Waals surface area (Å²) in [5, 5.41) is 3.22. The molecule has 2 amide bonds. The van der Waals surface area contributed by atoms with Gasteiger partial charge < -0.3 is 10.1 Å². The highest BCUT2D eigenvalue weighted by molar-refractivity contribution is 6.09. The molecule has 0 aliphatic heterocycles. The molecule has 7 heteroatoms. The highest BCUT2D eigenvalue weighted by Gasteiger charge is 2.35. The third-order valence-electron chi connectivity index (χ3n) is 6.17. The monoisotopic (exact) mass is 458 g/mol. The summed E-state index contributed by atoms with van der Waals surface area (Å²) in [6, 6.07) is 14.1. The summed E-state index contributed by atoms with van der Waals surface area (Å²) in [6.07, 6.45) is 9.70. The minimum absolute atomic E-state index is 0.105. The van der Waals surface area contributed by atoms with E-state index in [-0.39, 0.29) is 17.6 Å². The average Bonchev–Trinajstić information content (AvgIpc) is 2.88. The van der Waals surface area contributed by atoms with E-state index in [1.54, 1.807) is 19.2 Å². The predicted octanol–water partition coefficient (Wildman–Crippen LogP) is 4.63. The summed E-state index contributed by atoms with van der Waals surface area (Å²) >= 11 is 0. The summed E-state index contributed by atoms with van der Waals surface area (Å²) < 4.78 is 5.31. The topological polar surface area (TPSA) is 84.4 Å². The normalized spacial score (nSPS) is 14.8. The molecule has 2 aromatic carbocycles. The fourth-order valence-corrected chi connectivity index (χ4v) is 4.43. The molecule has 1 aliphatic rings. The molecule has 1 saturated carbocycles. The molecule has 1 N–H and O–H groups in total. The van der Waals surface area contributed by atoms with Crippen LogP contribution < -0.4 is 15.0 Å². The van der Waals surface area contributed by atoms with Crippen molar-refractivity contribution in [3.05, 3.63) is 83.9 Å². The average molecular weight is 459 g/mol. The van der Waals surface area contributed by atoms with Crippen LogP contribution in [0.25, 0.3) is 0 Å². The molecule has 0 radical (unpaired) electrons. The third-order valence-corrected chi connectivity index (χ3v) is 6.17. The standard InChI is InChI=1S/C27H30N4O3/c1-19-7-6-10-22(17-19)31(27(33)24-18-28-15-16-29-24)25(20-11-13-23(34-2)14-12-20)26(32)30-21-8-4-3-5-9-21/h6-7,10-18,21,25H,3-5,8-9H2,1-2H3,(H,30,32)/t25-/m1/s1. The lowest BCUT2D eigenvalue weighted by Crippen LogP contribution is -2.47. The summed E-state index contributed by atoms with van der Waals surface area (Å²) in [5.74, 6) is 0.0756. The minimum Gasteiger partial charge on any atom is -0.497 e. The number of nitrogens with zero attached hydrogens (tertiary/aromatic N) is 3. The van der Waals surface area contributed by atoms with E-state index < -0.39 is 11.9 Å². The van der Waals surface area contributed by atoms with Crippen molar-refractivity contribution in [1.29, 1.82) is 0 Å². The Morgan fingerprint density at radius 1 is 1.06 bits per heavy atom. The van der Waals surface area contributed by atoms with Gasteiger partial charge in [0.1, 0.15) is 17.5 Å². The van der Waals surface area contributed by atoms with Gasteiger partial charge >= 0.3 is 0 Å². The van der Waals surface area contributed by atoms with Crippen molar-refractivity contribution in [3.63, 3.8) is 0 Å². The zero-order valence-electron chi connectivity index (χ0n) is 19.6. The maximum Gasteiger partial charge on any atom is 0.279 e. The number of carbonyl (C=O) groups is 2. The molecular weight excluding hydrogens is 428 g/mol. The number of benzene rings is 2. The van der Waals surface area contributed by atoms with Gasteiger partial charge in [-0.25, -0.2) is 4.98 Å². The Bertz CT molecular complexity index is 1110. The van der Waals surface area contributed by atoms with Crippen molar-refractivity contribution in [2.24, 2.45) is 0 Å². The summed E-state index contributed by atoms with van der Waals surface area (Å²) in [5.41, 5.74) is 2.46. The number of carbonyl (C=O) groups excluding carboxylic acids is 2. The molecule has 1 aromatic heterocycles. The minimum atomic E-state index is -0.885. The van der Waals surface area contributed by atoms with Crippen molar-refractivity contribution in [2.45, 2.75) is 51.1 Å². The lowest BCUT2D eigenvalue weighted by atomic mass is 9.94. The molecule has 34 heavy (non-hydrogen) atoms. The van der Waals surface area contributed by atoms with Gasteiger partial charge in [-0.1, -0.05) is 43.5 Å². The van der Waals surface area contributed by atoms with Crippen molar-refractivity contribution in [2.75, 3.05) is 12.0 Å². The summed E-state index contributed by atoms with van der Waals surface area (Å²) in [6.45, 7) is 1.96. The van der Waals surface area contributed by atoms with Crippen molar-refractivity contribution < 1.29 is 14.3 Å². The van der Waals surface area contributed by atoms with Crippen LogP contribution in [0.1, 0.15) is 59.8 Å². The quantitative estimate of drug-likeness (QED) is 0.558. The number of aromatic nitrogens is 2. The van der Waals surface area contributed by atoms with Crippen LogP contribution in [-0.4, -0.2) is 34.9 Å². The Kier molecular flexibility index (Phi) is 7.52. The van der Waals surface area contributed by atoms with Crippen molar-refractivity contribution in [3.8, 4) is 5.75 Å². The molecule has 7 nitrogen and oxygen atoms in total. The summed E-state index contributed by atoms with van der Waals surface area (Å²) in [4.78, 5) is 37.5. The van der Waals surface area contributed by atoms with Crippen LogP contribution in [0, 0.1) is 6.92 Å². The second-order valence-corrected chi connectivity index (χ2v) is 8.62. The van der Waals surface area contributed by atoms with Crippen LogP contribution in [0.4, 0.5) is 5.69 Å². The first kappa shape index (κ1) is 23.4. The van der Waals surface area contributed by atoms with Crippen LogP contribution in [0.3, 0.4) is 0 Å². The first-order chi connectivity index (χ1) is 16.6. The van der Waals surface area contributed by atoms with Crippen LogP contribution in [-0.2, 0) is 4.79 Å². The molecule has 0 bridgehead atoms. The summed E-state index contributed by atoms with van der Waals surface area (Å²) in [7, 11) is 1.60. The van der Waals surface area contributed by atoms with Crippen LogP contribution in [0.2, 0.25) is 0 Å². The smallest absolute Gasteiger partial charge is 0.279 e. The fraction of sp³-hybridized carbons (Fsp3) is 0.333. The van der Waals surface area contributed by atoms with E-state index >= 15 is 0 Å². The van der Waals surface area contributed by atoms with Crippen molar-refractivity contribution in [1.82, 2.24) is 15.3 Å². The van der Waals surface area contributed by atoms with Gasteiger partial charge in [-0.3, -0.25) is 19.5 Å². The molecule has 0 saturated heterocycles. The van der Waals surface area contributed by atoms with E-state index in [0.717, 1.165) is 31.2 Å². The number of hydrogen-bond acceptors (Lipinski definition) is 5. The highest BCUT2D eigenvalue weighted by Crippen LogP contribution is 2.31. The lowest BCUT2D eigenvalue weighted by molar-refractivity contribution is -0.123. The third kappa shape index (κ3) is 5.42. The number of rotatable bonds is 7. The molecule has 0 spiro atoms. The Morgan fingerprint density at radius 3 is 2.47 bits per heavy atom. The van der Waals surface area contributed by atoms with Gasteiger partial charge in [0, 0.05) is 24.1 Å². The lowest BCUT2D eigenvalue weighted by Gasteiger charge is -2.33.